The number of methoxy groups -OCH3 is 1. The summed E-state index contributed by atoms with van der Waals surface area (Å²) < 4.78 is 4.63. The first-order valence-corrected chi connectivity index (χ1v) is 8.04. The second-order valence-corrected chi connectivity index (χ2v) is 6.00. The van der Waals surface area contributed by atoms with E-state index in [4.69, 9.17) is 0 Å². The monoisotopic (exact) mass is 319 g/mol. The van der Waals surface area contributed by atoms with Gasteiger partial charge in [-0.1, -0.05) is 6.92 Å². The highest BCUT2D eigenvalue weighted by Crippen LogP contribution is 2.14. The van der Waals surface area contributed by atoms with E-state index in [-0.39, 0.29) is 6.03 Å². The summed E-state index contributed by atoms with van der Waals surface area (Å²) in [5.41, 5.74) is 1.10. The van der Waals surface area contributed by atoms with Crippen molar-refractivity contribution in [3.63, 3.8) is 0 Å². The smallest absolute Gasteiger partial charge is 0.337 e. The molecule has 0 aromatic heterocycles. The highest BCUT2D eigenvalue weighted by atomic mass is 16.5. The molecule has 1 atom stereocenters. The lowest BCUT2D eigenvalue weighted by molar-refractivity contribution is 0.0601. The number of carbonyl (C=O) groups is 2. The van der Waals surface area contributed by atoms with Crippen LogP contribution in [0.25, 0.3) is 0 Å². The Kier molecular flexibility index (Phi) is 6.40. The Hall–Kier alpha value is -2.08. The molecular weight excluding hydrogens is 294 g/mol. The molecule has 2 rings (SSSR count). The lowest BCUT2D eigenvalue weighted by Gasteiger charge is -2.30. The maximum Gasteiger partial charge on any atom is 0.337 e. The lowest BCUT2D eigenvalue weighted by Crippen LogP contribution is -2.41. The zero-order valence-electron chi connectivity index (χ0n) is 13.8. The number of anilines is 1. The van der Waals surface area contributed by atoms with Gasteiger partial charge < -0.3 is 20.3 Å². The number of ether oxygens (including phenoxy) is 1. The molecule has 6 heteroatoms. The van der Waals surface area contributed by atoms with Crippen molar-refractivity contribution in [2.45, 2.75) is 19.8 Å². The van der Waals surface area contributed by atoms with Gasteiger partial charge in [0.2, 0.25) is 0 Å². The SMILES string of the molecule is COC(=O)c1ccc(NC(=O)NCCN2CCC[C@@H](C)C2)cc1. The molecule has 0 unspecified atom stereocenters. The predicted octanol–water partition coefficient (Wildman–Crippen LogP) is 2.33. The fourth-order valence-electron chi connectivity index (χ4n) is 2.80. The first-order chi connectivity index (χ1) is 11.1. The minimum atomic E-state index is -0.392. The van der Waals surface area contributed by atoms with E-state index in [1.807, 2.05) is 0 Å². The minimum absolute atomic E-state index is 0.235. The number of piperidine rings is 1. The van der Waals surface area contributed by atoms with Crippen LogP contribution in [0.2, 0.25) is 0 Å². The summed E-state index contributed by atoms with van der Waals surface area (Å²) in [6, 6.07) is 6.37. The summed E-state index contributed by atoms with van der Waals surface area (Å²) in [7, 11) is 1.34. The Labute approximate surface area is 137 Å². The standard InChI is InChI=1S/C17H25N3O3/c1-13-4-3-10-20(12-13)11-9-18-17(22)19-15-7-5-14(6-8-15)16(21)23-2/h5-8,13H,3-4,9-12H2,1-2H3,(H2,18,19,22)/t13-/m1/s1. The molecule has 0 aliphatic carbocycles. The molecule has 1 aromatic carbocycles. The fraction of sp³-hybridized carbons (Fsp3) is 0.529. The van der Waals surface area contributed by atoms with Gasteiger partial charge in [0.05, 0.1) is 12.7 Å². The number of hydrogen-bond donors (Lipinski definition) is 2. The van der Waals surface area contributed by atoms with Crippen LogP contribution in [0.1, 0.15) is 30.1 Å². The van der Waals surface area contributed by atoms with Crippen molar-refractivity contribution in [1.82, 2.24) is 10.2 Å². The van der Waals surface area contributed by atoms with Crippen LogP contribution in [0.15, 0.2) is 24.3 Å². The number of amides is 2. The first-order valence-electron chi connectivity index (χ1n) is 8.04. The van der Waals surface area contributed by atoms with E-state index in [1.165, 1.54) is 20.0 Å². The molecule has 1 fully saturated rings. The Morgan fingerprint density at radius 2 is 2.04 bits per heavy atom. The quantitative estimate of drug-likeness (QED) is 0.817. The Balaban J connectivity index is 1.71. The number of likely N-dealkylation sites (tertiary alicyclic amines) is 1. The first kappa shape index (κ1) is 17.3. The molecule has 0 radical (unpaired) electrons. The minimum Gasteiger partial charge on any atom is -0.465 e. The summed E-state index contributed by atoms with van der Waals surface area (Å²) in [5.74, 6) is 0.350. The average molecular weight is 319 g/mol. The zero-order chi connectivity index (χ0) is 16.7. The molecule has 0 bridgehead atoms. The molecule has 1 aliphatic heterocycles. The number of rotatable bonds is 5. The maximum atomic E-state index is 11.9. The number of urea groups is 1. The predicted molar refractivity (Wildman–Crippen MR) is 89.6 cm³/mol. The van der Waals surface area contributed by atoms with E-state index in [1.54, 1.807) is 24.3 Å². The van der Waals surface area contributed by atoms with E-state index in [2.05, 4.69) is 27.2 Å². The molecule has 1 heterocycles. The van der Waals surface area contributed by atoms with Crippen LogP contribution in [-0.4, -0.2) is 50.2 Å². The highest BCUT2D eigenvalue weighted by Gasteiger charge is 2.15. The molecule has 6 nitrogen and oxygen atoms in total. The summed E-state index contributed by atoms with van der Waals surface area (Å²) in [4.78, 5) is 25.6. The van der Waals surface area contributed by atoms with Gasteiger partial charge in [-0.2, -0.15) is 0 Å². The second-order valence-electron chi connectivity index (χ2n) is 6.00. The number of benzene rings is 1. The molecule has 23 heavy (non-hydrogen) atoms. The summed E-state index contributed by atoms with van der Waals surface area (Å²) in [6.45, 7) is 5.99. The normalized spacial score (nSPS) is 18.3. The number of hydrogen-bond acceptors (Lipinski definition) is 4. The summed E-state index contributed by atoms with van der Waals surface area (Å²) >= 11 is 0. The second kappa shape index (κ2) is 8.53. The maximum absolute atomic E-state index is 11.9. The van der Waals surface area contributed by atoms with Crippen LogP contribution >= 0.6 is 0 Å². The Morgan fingerprint density at radius 1 is 1.30 bits per heavy atom. The van der Waals surface area contributed by atoms with Gasteiger partial charge in [0.15, 0.2) is 0 Å². The largest absolute Gasteiger partial charge is 0.465 e. The highest BCUT2D eigenvalue weighted by molar-refractivity contribution is 5.92. The van der Waals surface area contributed by atoms with E-state index < -0.39 is 5.97 Å². The molecule has 2 N–H and O–H groups in total. The third kappa shape index (κ3) is 5.56. The van der Waals surface area contributed by atoms with Crippen LogP contribution in [0, 0.1) is 5.92 Å². The van der Waals surface area contributed by atoms with Crippen molar-refractivity contribution < 1.29 is 14.3 Å². The number of nitrogens with zero attached hydrogens (tertiary/aromatic N) is 1. The number of nitrogens with one attached hydrogen (secondary N) is 2. The molecule has 1 aromatic rings. The van der Waals surface area contributed by atoms with Gasteiger partial charge >= 0.3 is 12.0 Å². The van der Waals surface area contributed by atoms with Crippen molar-refractivity contribution in [3.8, 4) is 0 Å². The van der Waals surface area contributed by atoms with Crippen LogP contribution in [0.4, 0.5) is 10.5 Å². The van der Waals surface area contributed by atoms with Gasteiger partial charge in [-0.05, 0) is 49.6 Å². The van der Waals surface area contributed by atoms with Gasteiger partial charge in [0.1, 0.15) is 0 Å². The van der Waals surface area contributed by atoms with Crippen molar-refractivity contribution in [2.75, 3.05) is 38.6 Å². The van der Waals surface area contributed by atoms with Crippen molar-refractivity contribution in [3.05, 3.63) is 29.8 Å². The van der Waals surface area contributed by atoms with Crippen LogP contribution in [-0.2, 0) is 4.74 Å². The van der Waals surface area contributed by atoms with Gasteiger partial charge in [-0.25, -0.2) is 9.59 Å². The van der Waals surface area contributed by atoms with E-state index >= 15 is 0 Å². The third-order valence-electron chi connectivity index (χ3n) is 4.02. The average Bonchev–Trinajstić information content (AvgIpc) is 2.55. The van der Waals surface area contributed by atoms with Crippen molar-refractivity contribution >= 4 is 17.7 Å². The van der Waals surface area contributed by atoms with Crippen molar-refractivity contribution in [2.24, 2.45) is 5.92 Å². The Morgan fingerprint density at radius 3 is 2.70 bits per heavy atom. The van der Waals surface area contributed by atoms with Crippen molar-refractivity contribution in [1.29, 1.82) is 0 Å². The molecule has 126 valence electrons. The zero-order valence-corrected chi connectivity index (χ0v) is 13.8. The Bertz CT molecular complexity index is 530. The molecule has 1 aliphatic rings. The van der Waals surface area contributed by atoms with Crippen LogP contribution in [0.3, 0.4) is 0 Å². The fourth-order valence-corrected chi connectivity index (χ4v) is 2.80. The molecule has 2 amide bonds. The van der Waals surface area contributed by atoms with E-state index in [0.717, 1.165) is 25.6 Å². The number of esters is 1. The lowest BCUT2D eigenvalue weighted by atomic mass is 10.0. The third-order valence-corrected chi connectivity index (χ3v) is 4.02. The van der Waals surface area contributed by atoms with E-state index in [9.17, 15) is 9.59 Å². The number of carbonyl (C=O) groups excluding carboxylic acids is 2. The summed E-state index contributed by atoms with van der Waals surface area (Å²) in [5, 5.41) is 5.61. The molecular formula is C17H25N3O3. The van der Waals surface area contributed by atoms with Crippen LogP contribution < -0.4 is 10.6 Å². The van der Waals surface area contributed by atoms with Gasteiger partial charge in [0.25, 0.3) is 0 Å². The molecule has 0 spiro atoms. The molecule has 0 saturated carbocycles. The van der Waals surface area contributed by atoms with Gasteiger partial charge in [-0.15, -0.1) is 0 Å². The summed E-state index contributed by atoms with van der Waals surface area (Å²) in [6.07, 6.45) is 2.53. The van der Waals surface area contributed by atoms with E-state index in [0.29, 0.717) is 17.8 Å². The molecule has 1 saturated heterocycles. The topological polar surface area (TPSA) is 70.7 Å². The van der Waals surface area contributed by atoms with Gasteiger partial charge in [0, 0.05) is 25.3 Å². The van der Waals surface area contributed by atoms with Gasteiger partial charge in [-0.3, -0.25) is 0 Å². The van der Waals surface area contributed by atoms with Crippen LogP contribution in [0.5, 0.6) is 0 Å².